The summed E-state index contributed by atoms with van der Waals surface area (Å²) in [6.07, 6.45) is 4.80. The van der Waals surface area contributed by atoms with Gasteiger partial charge in [-0.05, 0) is 18.4 Å². The highest BCUT2D eigenvalue weighted by atomic mass is 32.2. The second kappa shape index (κ2) is 5.14. The molecular weight excluding hydrogens is 116 g/mol. The Balaban J connectivity index is 3.26. The van der Waals surface area contributed by atoms with Gasteiger partial charge in [-0.15, -0.1) is 10.5 Å². The molecule has 0 heterocycles. The lowest BCUT2D eigenvalue weighted by Gasteiger charge is -1.93. The van der Waals surface area contributed by atoms with Gasteiger partial charge in [-0.2, -0.15) is 0 Å². The molecule has 0 spiro atoms. The second-order valence-electron chi connectivity index (χ2n) is 1.84. The molecule has 0 rings (SSSR count). The van der Waals surface area contributed by atoms with E-state index in [1.54, 1.807) is 0 Å². The first-order valence-electron chi connectivity index (χ1n) is 2.96. The second-order valence-corrected chi connectivity index (χ2v) is 3.81. The van der Waals surface area contributed by atoms with Gasteiger partial charge in [0.05, 0.1) is 0 Å². The van der Waals surface area contributed by atoms with E-state index in [1.165, 1.54) is 18.6 Å². The van der Waals surface area contributed by atoms with Crippen molar-refractivity contribution in [2.45, 2.75) is 19.8 Å². The average Bonchev–Trinajstić information content (AvgIpc) is 1.83. The van der Waals surface area contributed by atoms with Crippen molar-refractivity contribution in [1.82, 2.24) is 0 Å². The van der Waals surface area contributed by atoms with Crippen molar-refractivity contribution in [3.05, 3.63) is 6.58 Å². The summed E-state index contributed by atoms with van der Waals surface area (Å²) in [5, 5.41) is 2.98. The van der Waals surface area contributed by atoms with Crippen molar-refractivity contribution < 1.29 is 0 Å². The summed E-state index contributed by atoms with van der Waals surface area (Å²) >= 11 is 0. The Morgan fingerprint density at radius 1 is 1.62 bits per heavy atom. The van der Waals surface area contributed by atoms with Crippen LogP contribution < -0.4 is 0 Å². The summed E-state index contributed by atoms with van der Waals surface area (Å²) in [6, 6.07) is 0. The van der Waals surface area contributed by atoms with Crippen LogP contribution in [0.15, 0.2) is 6.58 Å². The van der Waals surface area contributed by atoms with Crippen molar-refractivity contribution >= 4 is 15.5 Å². The van der Waals surface area contributed by atoms with Gasteiger partial charge in [-0.25, -0.2) is 0 Å². The first-order chi connectivity index (χ1) is 3.81. The average molecular weight is 130 g/mol. The van der Waals surface area contributed by atoms with Crippen LogP contribution in [0.2, 0.25) is 0 Å². The quantitative estimate of drug-likeness (QED) is 0.514. The fourth-order valence-electron chi connectivity index (χ4n) is 0.433. The SMILES string of the molecule is C=C=S(C)CCCC. The van der Waals surface area contributed by atoms with Crippen LogP contribution in [0.25, 0.3) is 0 Å². The van der Waals surface area contributed by atoms with Crippen molar-refractivity contribution in [3.8, 4) is 0 Å². The minimum Gasteiger partial charge on any atom is -0.147 e. The third kappa shape index (κ3) is 4.17. The molecule has 1 heteroatoms. The molecule has 48 valence electrons. The van der Waals surface area contributed by atoms with E-state index in [9.17, 15) is 0 Å². The molecule has 8 heavy (non-hydrogen) atoms. The van der Waals surface area contributed by atoms with Crippen LogP contribution in [-0.4, -0.2) is 17.0 Å². The Morgan fingerprint density at radius 3 is 2.62 bits per heavy atom. The van der Waals surface area contributed by atoms with E-state index >= 15 is 0 Å². The molecule has 0 saturated heterocycles. The molecule has 0 bridgehead atoms. The molecule has 0 N–H and O–H groups in total. The monoisotopic (exact) mass is 130 g/mol. The van der Waals surface area contributed by atoms with E-state index in [1.807, 2.05) is 0 Å². The van der Waals surface area contributed by atoms with E-state index in [-0.39, 0.29) is 0 Å². The Labute approximate surface area is 54.5 Å². The lowest BCUT2D eigenvalue weighted by molar-refractivity contribution is 0.897. The molecule has 0 aromatic rings. The van der Waals surface area contributed by atoms with Crippen LogP contribution in [0.5, 0.6) is 0 Å². The molecule has 0 saturated carbocycles. The molecule has 0 aromatic heterocycles. The molecule has 0 amide bonds. The van der Waals surface area contributed by atoms with Gasteiger partial charge in [0.15, 0.2) is 0 Å². The molecule has 1 unspecified atom stereocenters. The van der Waals surface area contributed by atoms with E-state index in [4.69, 9.17) is 0 Å². The highest BCUT2D eigenvalue weighted by molar-refractivity contribution is 8.14. The molecule has 0 aliphatic carbocycles. The maximum Gasteiger partial charge on any atom is -0.00506 e. The van der Waals surface area contributed by atoms with Crippen LogP contribution in [0.1, 0.15) is 19.8 Å². The predicted octanol–water partition coefficient (Wildman–Crippen LogP) is 2.27. The highest BCUT2D eigenvalue weighted by Crippen LogP contribution is 2.05. The van der Waals surface area contributed by atoms with Crippen LogP contribution in [0, 0.1) is 0 Å². The van der Waals surface area contributed by atoms with Crippen LogP contribution in [0.3, 0.4) is 0 Å². The molecule has 0 nitrogen and oxygen atoms in total. The van der Waals surface area contributed by atoms with E-state index in [0.717, 1.165) is 0 Å². The maximum absolute atomic E-state index is 3.60. The van der Waals surface area contributed by atoms with Gasteiger partial charge in [0.2, 0.25) is 0 Å². The minimum atomic E-state index is 0.362. The van der Waals surface area contributed by atoms with Gasteiger partial charge in [-0.3, -0.25) is 0 Å². The first kappa shape index (κ1) is 8.00. The summed E-state index contributed by atoms with van der Waals surface area (Å²) in [5.41, 5.74) is 0. The predicted molar refractivity (Wildman–Crippen MR) is 43.9 cm³/mol. The largest absolute Gasteiger partial charge is 0.147 e. The molecule has 0 aliphatic heterocycles. The third-order valence-electron chi connectivity index (χ3n) is 1.05. The van der Waals surface area contributed by atoms with Crippen molar-refractivity contribution in [2.24, 2.45) is 0 Å². The molecule has 0 aromatic carbocycles. The lowest BCUT2D eigenvalue weighted by Crippen LogP contribution is -1.77. The fourth-order valence-corrected chi connectivity index (χ4v) is 1.30. The normalized spacial score (nSPS) is 12.8. The third-order valence-corrected chi connectivity index (χ3v) is 2.44. The van der Waals surface area contributed by atoms with E-state index in [0.29, 0.717) is 10.5 Å². The Kier molecular flexibility index (Phi) is 5.14. The Bertz CT molecular complexity index is 99.0. The van der Waals surface area contributed by atoms with Crippen LogP contribution in [0.4, 0.5) is 0 Å². The van der Waals surface area contributed by atoms with Gasteiger partial charge in [0.1, 0.15) is 0 Å². The van der Waals surface area contributed by atoms with Gasteiger partial charge in [0.25, 0.3) is 0 Å². The van der Waals surface area contributed by atoms with Crippen LogP contribution >= 0.6 is 10.5 Å². The number of unbranched alkanes of at least 4 members (excludes halogenated alkanes) is 1. The molecule has 0 aliphatic rings. The minimum absolute atomic E-state index is 0.362. The van der Waals surface area contributed by atoms with Gasteiger partial charge in [0, 0.05) is 0 Å². The summed E-state index contributed by atoms with van der Waals surface area (Å²) in [4.78, 5) is 0. The van der Waals surface area contributed by atoms with Crippen molar-refractivity contribution in [3.63, 3.8) is 0 Å². The number of rotatable bonds is 3. The lowest BCUT2D eigenvalue weighted by atomic mass is 10.4. The van der Waals surface area contributed by atoms with Gasteiger partial charge >= 0.3 is 0 Å². The smallest absolute Gasteiger partial charge is 0.00506 e. The molecule has 0 radical (unpaired) electrons. The van der Waals surface area contributed by atoms with Gasteiger partial charge < -0.3 is 0 Å². The van der Waals surface area contributed by atoms with Crippen molar-refractivity contribution in [2.75, 3.05) is 12.0 Å². The molecule has 0 fully saturated rings. The van der Waals surface area contributed by atoms with E-state index in [2.05, 4.69) is 24.8 Å². The number of hydrogen-bond donors (Lipinski definition) is 0. The maximum atomic E-state index is 3.60. The first-order valence-corrected chi connectivity index (χ1v) is 4.76. The zero-order chi connectivity index (χ0) is 6.41. The fraction of sp³-hybridized carbons (Fsp3) is 0.714. The molecular formula is C7H14S. The zero-order valence-electron chi connectivity index (χ0n) is 5.74. The van der Waals surface area contributed by atoms with Crippen molar-refractivity contribution in [1.29, 1.82) is 0 Å². The summed E-state index contributed by atoms with van der Waals surface area (Å²) < 4.78 is 0. The summed E-state index contributed by atoms with van der Waals surface area (Å²) in [6.45, 7) is 5.81. The standard InChI is InChI=1S/C7H14S/c1-4-6-7-8(3)5-2/h2,4,6-7H2,1,3H3. The van der Waals surface area contributed by atoms with E-state index < -0.39 is 0 Å². The summed E-state index contributed by atoms with van der Waals surface area (Å²) in [7, 11) is 0.362. The summed E-state index contributed by atoms with van der Waals surface area (Å²) in [5.74, 6) is 1.28. The van der Waals surface area contributed by atoms with Crippen LogP contribution in [-0.2, 0) is 0 Å². The molecule has 1 atom stereocenters. The highest BCUT2D eigenvalue weighted by Gasteiger charge is 1.81. The topological polar surface area (TPSA) is 0 Å². The zero-order valence-corrected chi connectivity index (χ0v) is 6.55. The van der Waals surface area contributed by atoms with Gasteiger partial charge in [-0.1, -0.05) is 24.9 Å². The number of hydrogen-bond acceptors (Lipinski definition) is 0. The Hall–Kier alpha value is 0. The Morgan fingerprint density at radius 2 is 2.25 bits per heavy atom.